The van der Waals surface area contributed by atoms with Crippen LogP contribution in [0.4, 0.5) is 0 Å². The molecule has 0 aliphatic rings. The van der Waals surface area contributed by atoms with E-state index in [4.69, 9.17) is 0 Å². The lowest BCUT2D eigenvalue weighted by molar-refractivity contribution is -0.137. The molecular weight excluding hydrogens is 464 g/mol. The van der Waals surface area contributed by atoms with Crippen LogP contribution in [0.15, 0.2) is 17.9 Å². The number of rotatable bonds is 21. The first-order valence-electron chi connectivity index (χ1n) is 13.1. The van der Waals surface area contributed by atoms with Crippen LogP contribution in [0.3, 0.4) is 0 Å². The van der Waals surface area contributed by atoms with Crippen LogP contribution in [0.25, 0.3) is 0 Å². The molecule has 1 atom stereocenters. The topological polar surface area (TPSA) is 116 Å². The fraction of sp³-hybridized carbons (Fsp3) is 0.778. The van der Waals surface area contributed by atoms with Crippen molar-refractivity contribution in [1.82, 2.24) is 10.6 Å². The Kier molecular flexibility index (Phi) is 20.7. The predicted molar refractivity (Wildman–Crippen MR) is 144 cm³/mol. The molecule has 0 aliphatic heterocycles. The highest BCUT2D eigenvalue weighted by molar-refractivity contribution is 8.13. The Morgan fingerprint density at radius 1 is 0.943 bits per heavy atom. The minimum Gasteiger partial charge on any atom is -0.396 e. The number of nitrogens with one attached hydrogen (secondary N) is 2. The summed E-state index contributed by atoms with van der Waals surface area (Å²) in [4.78, 5) is 35.5. The van der Waals surface area contributed by atoms with Gasteiger partial charge in [-0.15, -0.1) is 5.73 Å². The number of thioether (sulfide) groups is 1. The van der Waals surface area contributed by atoms with Gasteiger partial charge in [-0.25, -0.2) is 0 Å². The first kappa shape index (κ1) is 33.4. The van der Waals surface area contributed by atoms with Crippen molar-refractivity contribution in [1.29, 1.82) is 0 Å². The van der Waals surface area contributed by atoms with Crippen LogP contribution in [-0.4, -0.2) is 58.7 Å². The number of unbranched alkanes of at least 4 members (excludes halogenated alkanes) is 9. The van der Waals surface area contributed by atoms with Crippen LogP contribution >= 0.6 is 11.8 Å². The van der Waals surface area contributed by atoms with E-state index in [1.165, 1.54) is 69.5 Å². The second kappa shape index (κ2) is 21.7. The molecule has 4 N–H and O–H groups in total. The van der Waals surface area contributed by atoms with Crippen LogP contribution in [0.2, 0.25) is 0 Å². The molecule has 0 aromatic heterocycles. The third-order valence-electron chi connectivity index (χ3n) is 5.69. The molecule has 35 heavy (non-hydrogen) atoms. The van der Waals surface area contributed by atoms with Gasteiger partial charge in [0.15, 0.2) is 5.12 Å². The van der Waals surface area contributed by atoms with Gasteiger partial charge in [0, 0.05) is 37.1 Å². The van der Waals surface area contributed by atoms with Crippen LogP contribution in [0, 0.1) is 5.41 Å². The minimum atomic E-state index is -1.35. The highest BCUT2D eigenvalue weighted by atomic mass is 32.2. The first-order valence-corrected chi connectivity index (χ1v) is 14.1. The zero-order chi connectivity index (χ0) is 26.4. The molecule has 0 rings (SSSR count). The zero-order valence-corrected chi connectivity index (χ0v) is 22.9. The number of carbonyl (C=O) groups excluding carboxylic acids is 3. The summed E-state index contributed by atoms with van der Waals surface area (Å²) in [5, 5.41) is 24.3. The van der Waals surface area contributed by atoms with Gasteiger partial charge in [0.05, 0.1) is 6.61 Å². The van der Waals surface area contributed by atoms with Crippen molar-refractivity contribution in [3.05, 3.63) is 17.9 Å². The van der Waals surface area contributed by atoms with Gasteiger partial charge in [0.2, 0.25) is 11.8 Å². The predicted octanol–water partition coefficient (Wildman–Crippen LogP) is 4.27. The lowest BCUT2D eigenvalue weighted by Gasteiger charge is -2.27. The van der Waals surface area contributed by atoms with Gasteiger partial charge in [-0.3, -0.25) is 14.4 Å². The molecule has 0 aromatic carbocycles. The van der Waals surface area contributed by atoms with E-state index >= 15 is 0 Å². The Balaban J connectivity index is 3.70. The smallest absolute Gasteiger partial charge is 0.249 e. The van der Waals surface area contributed by atoms with Crippen LogP contribution in [0.1, 0.15) is 97.8 Å². The summed E-state index contributed by atoms with van der Waals surface area (Å²) >= 11 is 1.18. The molecule has 0 aliphatic carbocycles. The van der Waals surface area contributed by atoms with Crippen molar-refractivity contribution in [3.8, 4) is 0 Å². The van der Waals surface area contributed by atoms with Crippen LogP contribution in [-0.2, 0) is 14.4 Å². The second-order valence-electron chi connectivity index (χ2n) is 9.56. The van der Waals surface area contributed by atoms with Gasteiger partial charge < -0.3 is 20.8 Å². The van der Waals surface area contributed by atoms with Crippen molar-refractivity contribution in [2.24, 2.45) is 5.41 Å². The normalized spacial score (nSPS) is 11.9. The number of aliphatic hydroxyl groups excluding tert-OH is 2. The lowest BCUT2D eigenvalue weighted by Crippen LogP contribution is -2.46. The van der Waals surface area contributed by atoms with Gasteiger partial charge >= 0.3 is 0 Å². The molecule has 0 saturated carbocycles. The third-order valence-corrected chi connectivity index (χ3v) is 6.59. The maximum Gasteiger partial charge on any atom is 0.249 e. The molecule has 0 radical (unpaired) electrons. The van der Waals surface area contributed by atoms with Gasteiger partial charge in [0.1, 0.15) is 6.10 Å². The maximum absolute atomic E-state index is 11.9. The van der Waals surface area contributed by atoms with E-state index in [2.05, 4.69) is 23.3 Å². The molecular formula is C27H48N2O5S. The summed E-state index contributed by atoms with van der Waals surface area (Å²) in [5.41, 5.74) is 2.13. The van der Waals surface area contributed by atoms with Crippen molar-refractivity contribution in [2.45, 2.75) is 104 Å². The Bertz CT molecular complexity index is 660. The number of aliphatic hydroxyl groups is 2. The van der Waals surface area contributed by atoms with Crippen LogP contribution in [0.5, 0.6) is 0 Å². The zero-order valence-electron chi connectivity index (χ0n) is 22.1. The molecule has 0 saturated heterocycles. The highest BCUT2D eigenvalue weighted by Crippen LogP contribution is 2.19. The number of amides is 2. The Morgan fingerprint density at radius 3 is 2.20 bits per heavy atom. The van der Waals surface area contributed by atoms with E-state index in [-0.39, 0.29) is 30.6 Å². The van der Waals surface area contributed by atoms with Gasteiger partial charge in [-0.1, -0.05) is 83.9 Å². The summed E-state index contributed by atoms with van der Waals surface area (Å²) < 4.78 is 0. The van der Waals surface area contributed by atoms with Crippen molar-refractivity contribution < 1.29 is 24.6 Å². The quantitative estimate of drug-likeness (QED) is 0.135. The number of allylic oxidation sites excluding steroid dienone is 1. The summed E-state index contributed by atoms with van der Waals surface area (Å²) in [5.74, 6) is -0.377. The molecule has 0 bridgehead atoms. The molecule has 202 valence electrons. The van der Waals surface area contributed by atoms with Crippen LogP contribution < -0.4 is 10.6 Å². The lowest BCUT2D eigenvalue weighted by atomic mass is 9.87. The fourth-order valence-corrected chi connectivity index (χ4v) is 3.84. The van der Waals surface area contributed by atoms with Gasteiger partial charge in [-0.05, 0) is 25.0 Å². The monoisotopic (exact) mass is 512 g/mol. The second-order valence-corrected chi connectivity index (χ2v) is 10.7. The van der Waals surface area contributed by atoms with E-state index in [9.17, 15) is 24.6 Å². The average molecular weight is 513 g/mol. The highest BCUT2D eigenvalue weighted by Gasteiger charge is 2.32. The van der Waals surface area contributed by atoms with Crippen molar-refractivity contribution in [2.75, 3.05) is 25.4 Å². The van der Waals surface area contributed by atoms with Crippen molar-refractivity contribution in [3.63, 3.8) is 0 Å². The van der Waals surface area contributed by atoms with E-state index < -0.39 is 17.4 Å². The molecule has 0 heterocycles. The molecule has 0 fully saturated rings. The number of carbonyl (C=O) groups is 3. The number of hydrogen-bond acceptors (Lipinski definition) is 6. The molecule has 0 spiro atoms. The molecule has 2 amide bonds. The minimum absolute atomic E-state index is 0.0379. The summed E-state index contributed by atoms with van der Waals surface area (Å²) in [6.07, 6.45) is 15.6. The van der Waals surface area contributed by atoms with Gasteiger partial charge in [0.25, 0.3) is 0 Å². The standard InChI is InChI=1S/C27H48N2O5S/c1-4-5-6-7-8-9-10-11-12-13-14-15-16-17-24(32)35-21-20-28-23(31)18-19-29-26(34)25(33)27(2,3)22-30/h14,16,25,30,33H,4-13,17-22H2,1-3H3,(H,28,31)(H,29,34). The van der Waals surface area contributed by atoms with Crippen molar-refractivity contribution >= 4 is 28.7 Å². The third kappa shape index (κ3) is 19.3. The molecule has 7 nitrogen and oxygen atoms in total. The largest absolute Gasteiger partial charge is 0.396 e. The molecule has 1 unspecified atom stereocenters. The Hall–Kier alpha value is -1.60. The Labute approximate surface area is 216 Å². The Morgan fingerprint density at radius 2 is 1.57 bits per heavy atom. The van der Waals surface area contributed by atoms with Gasteiger partial charge in [-0.2, -0.15) is 0 Å². The fourth-order valence-electron chi connectivity index (χ4n) is 3.21. The van der Waals surface area contributed by atoms with E-state index in [0.29, 0.717) is 18.7 Å². The maximum atomic E-state index is 11.9. The first-order chi connectivity index (χ1) is 16.7. The van der Waals surface area contributed by atoms with E-state index in [1.54, 1.807) is 19.9 Å². The number of hydrogen-bond donors (Lipinski definition) is 4. The van der Waals surface area contributed by atoms with E-state index in [0.717, 1.165) is 6.42 Å². The summed E-state index contributed by atoms with van der Waals surface area (Å²) in [6.45, 7) is 5.52. The van der Waals surface area contributed by atoms with E-state index in [1.807, 2.05) is 6.08 Å². The SMILES string of the molecule is CCCCCCCCCCCC=C=CCC(=O)SCCNC(=O)CCNC(=O)C(O)C(C)(C)CO. The molecule has 0 aromatic rings. The summed E-state index contributed by atoms with van der Waals surface area (Å²) in [6, 6.07) is 0. The summed E-state index contributed by atoms with van der Waals surface area (Å²) in [7, 11) is 0. The average Bonchev–Trinajstić information content (AvgIpc) is 2.84. The molecule has 8 heteroatoms.